The van der Waals surface area contributed by atoms with Crippen molar-refractivity contribution >= 4 is 62.4 Å². The minimum Gasteiger partial charge on any atom is -0.359 e. The molecular weight excluding hydrogens is 610 g/mol. The van der Waals surface area contributed by atoms with E-state index >= 15 is 0 Å². The van der Waals surface area contributed by atoms with Crippen molar-refractivity contribution in [2.75, 3.05) is 36.8 Å². The molecule has 5 aromatic rings. The number of aryl methyl sites for hydroxylation is 1. The number of halogens is 1. The molecule has 10 nitrogen and oxygen atoms in total. The van der Waals surface area contributed by atoms with Gasteiger partial charge in [0.25, 0.3) is 0 Å². The third-order valence-corrected chi connectivity index (χ3v) is 8.95. The Morgan fingerprint density at radius 3 is 2.51 bits per heavy atom. The standard InChI is InChI=1S/C33H39N7O3S.ClH/c1-33(2,3)28-20-29(38-43-28)37-31(42)35-24-11-9-23(10-12-24)25-21-40-26-13-7-22(19-27(26)44-32(40)36-25)8-14-30(41)34-15-18-39-16-5-4-6-17-39;/h7,9-13,19-21H,4-6,8,14-18H2,1-3H3,(H,34,41)(H2,35,37,38,42);1H. The van der Waals surface area contributed by atoms with E-state index in [1.54, 1.807) is 17.4 Å². The summed E-state index contributed by atoms with van der Waals surface area (Å²) < 4.78 is 8.58. The number of benzene rings is 2. The number of amides is 3. The van der Waals surface area contributed by atoms with E-state index in [0.29, 0.717) is 30.1 Å². The van der Waals surface area contributed by atoms with E-state index in [2.05, 4.69) is 48.6 Å². The predicted molar refractivity (Wildman–Crippen MR) is 183 cm³/mol. The second-order valence-corrected chi connectivity index (χ2v) is 13.4. The molecule has 45 heavy (non-hydrogen) atoms. The van der Waals surface area contributed by atoms with Crippen molar-refractivity contribution in [1.82, 2.24) is 24.8 Å². The largest absolute Gasteiger partial charge is 0.359 e. The lowest BCUT2D eigenvalue weighted by molar-refractivity contribution is -0.121. The van der Waals surface area contributed by atoms with Crippen LogP contribution in [0.1, 0.15) is 57.8 Å². The maximum atomic E-state index is 12.5. The number of likely N-dealkylation sites (tertiary alicyclic amines) is 1. The Morgan fingerprint density at radius 1 is 1.00 bits per heavy atom. The van der Waals surface area contributed by atoms with Gasteiger partial charge in [-0.2, -0.15) is 0 Å². The highest BCUT2D eigenvalue weighted by Gasteiger charge is 2.20. The van der Waals surface area contributed by atoms with Crippen LogP contribution < -0.4 is 16.0 Å². The molecule has 0 bridgehead atoms. The highest BCUT2D eigenvalue weighted by molar-refractivity contribution is 7.23. The Kier molecular flexibility index (Phi) is 10.1. The molecule has 3 amide bonds. The van der Waals surface area contributed by atoms with Crippen molar-refractivity contribution in [3.05, 3.63) is 66.1 Å². The van der Waals surface area contributed by atoms with Crippen molar-refractivity contribution < 1.29 is 14.1 Å². The predicted octanol–water partition coefficient (Wildman–Crippen LogP) is 7.10. The van der Waals surface area contributed by atoms with Crippen molar-refractivity contribution in [2.45, 2.75) is 58.3 Å². The molecule has 3 N–H and O–H groups in total. The zero-order valence-electron chi connectivity index (χ0n) is 25.9. The Bertz CT molecular complexity index is 1760. The summed E-state index contributed by atoms with van der Waals surface area (Å²) in [5, 5.41) is 12.5. The van der Waals surface area contributed by atoms with Crippen LogP contribution in [0.25, 0.3) is 26.4 Å². The van der Waals surface area contributed by atoms with Gasteiger partial charge in [-0.25, -0.2) is 9.78 Å². The van der Waals surface area contributed by atoms with Gasteiger partial charge in [-0.3, -0.25) is 14.5 Å². The topological polar surface area (TPSA) is 117 Å². The second kappa shape index (κ2) is 14.0. The van der Waals surface area contributed by atoms with Gasteiger partial charge < -0.3 is 20.1 Å². The number of imidazole rings is 1. The Balaban J connectivity index is 0.00000400. The third-order valence-electron chi connectivity index (χ3n) is 7.93. The summed E-state index contributed by atoms with van der Waals surface area (Å²) in [6.07, 6.45) is 7.10. The molecule has 12 heteroatoms. The van der Waals surface area contributed by atoms with Gasteiger partial charge in [0.1, 0.15) is 5.76 Å². The van der Waals surface area contributed by atoms with Crippen LogP contribution >= 0.6 is 23.7 Å². The van der Waals surface area contributed by atoms with Gasteiger partial charge >= 0.3 is 6.03 Å². The molecule has 1 aliphatic rings. The molecule has 0 spiro atoms. The number of fused-ring (bicyclic) bond motifs is 3. The quantitative estimate of drug-likeness (QED) is 0.157. The average Bonchev–Trinajstić information content (AvgIpc) is 3.72. The van der Waals surface area contributed by atoms with Crippen LogP contribution in [0.2, 0.25) is 0 Å². The molecule has 4 heterocycles. The van der Waals surface area contributed by atoms with E-state index in [9.17, 15) is 9.59 Å². The molecule has 0 radical (unpaired) electrons. The fourth-order valence-electron chi connectivity index (χ4n) is 5.41. The molecule has 0 unspecified atom stereocenters. The number of hydrogen-bond donors (Lipinski definition) is 3. The normalized spacial score (nSPS) is 13.9. The summed E-state index contributed by atoms with van der Waals surface area (Å²) in [5.41, 5.74) is 4.52. The van der Waals surface area contributed by atoms with Crippen molar-refractivity contribution in [3.63, 3.8) is 0 Å². The number of carbonyl (C=O) groups is 2. The fraction of sp³-hybridized carbons (Fsp3) is 0.394. The monoisotopic (exact) mass is 649 g/mol. The maximum Gasteiger partial charge on any atom is 0.324 e. The number of urea groups is 1. The molecule has 0 aliphatic carbocycles. The molecular formula is C33H40ClN7O3S. The number of aromatic nitrogens is 3. The first-order valence-corrected chi connectivity index (χ1v) is 16.1. The molecule has 3 aromatic heterocycles. The number of nitrogens with one attached hydrogen (secondary N) is 3. The molecule has 0 atom stereocenters. The lowest BCUT2D eigenvalue weighted by atomic mass is 9.93. The van der Waals surface area contributed by atoms with E-state index in [0.717, 1.165) is 58.2 Å². The Hall–Kier alpha value is -3.93. The first-order chi connectivity index (χ1) is 21.2. The van der Waals surface area contributed by atoms with Crippen LogP contribution in [0.4, 0.5) is 16.3 Å². The SMILES string of the molecule is CC(C)(C)c1cc(NC(=O)Nc2ccc(-c3cn4c(n3)sc3cc(CCC(=O)NCCN5CCCCC5)ccc34)cc2)no1.Cl. The first-order valence-electron chi connectivity index (χ1n) is 15.3. The van der Waals surface area contributed by atoms with Crippen LogP contribution in [-0.2, 0) is 16.6 Å². The highest BCUT2D eigenvalue weighted by atomic mass is 35.5. The number of hydrogen-bond acceptors (Lipinski definition) is 7. The smallest absolute Gasteiger partial charge is 0.324 e. The number of carbonyl (C=O) groups excluding carboxylic acids is 2. The minimum atomic E-state index is -0.395. The average molecular weight is 650 g/mol. The first kappa shape index (κ1) is 32.5. The molecule has 1 aliphatic heterocycles. The minimum absolute atomic E-state index is 0. The van der Waals surface area contributed by atoms with Gasteiger partial charge in [-0.1, -0.05) is 61.9 Å². The van der Waals surface area contributed by atoms with Crippen LogP contribution in [0, 0.1) is 0 Å². The molecule has 2 aromatic carbocycles. The van der Waals surface area contributed by atoms with E-state index in [1.807, 2.05) is 51.2 Å². The number of rotatable bonds is 9. The zero-order chi connectivity index (χ0) is 30.7. The van der Waals surface area contributed by atoms with Crippen LogP contribution in [0.5, 0.6) is 0 Å². The van der Waals surface area contributed by atoms with Gasteiger partial charge in [0, 0.05) is 48.4 Å². The summed E-state index contributed by atoms with van der Waals surface area (Å²) in [7, 11) is 0. The van der Waals surface area contributed by atoms with Gasteiger partial charge in [0.05, 0.1) is 15.9 Å². The summed E-state index contributed by atoms with van der Waals surface area (Å²) in [6.45, 7) is 10.0. The van der Waals surface area contributed by atoms with Crippen molar-refractivity contribution in [1.29, 1.82) is 0 Å². The van der Waals surface area contributed by atoms with E-state index in [1.165, 1.54) is 19.3 Å². The van der Waals surface area contributed by atoms with Crippen LogP contribution in [0.15, 0.2) is 59.3 Å². The molecule has 238 valence electrons. The van der Waals surface area contributed by atoms with E-state index in [4.69, 9.17) is 9.51 Å². The summed E-state index contributed by atoms with van der Waals surface area (Å²) >= 11 is 1.64. The zero-order valence-corrected chi connectivity index (χ0v) is 27.5. The second-order valence-electron chi connectivity index (χ2n) is 12.4. The number of piperidine rings is 1. The lowest BCUT2D eigenvalue weighted by Gasteiger charge is -2.26. The van der Waals surface area contributed by atoms with E-state index in [-0.39, 0.29) is 23.7 Å². The number of thiazole rings is 1. The van der Waals surface area contributed by atoms with Crippen molar-refractivity contribution in [3.8, 4) is 11.3 Å². The Morgan fingerprint density at radius 2 is 1.78 bits per heavy atom. The van der Waals surface area contributed by atoms with Crippen molar-refractivity contribution in [2.24, 2.45) is 0 Å². The van der Waals surface area contributed by atoms with Gasteiger partial charge in [-0.05, 0) is 62.2 Å². The molecule has 1 fully saturated rings. The molecule has 6 rings (SSSR count). The molecule has 1 saturated heterocycles. The number of nitrogens with zero attached hydrogens (tertiary/aromatic N) is 4. The third kappa shape index (κ3) is 8.02. The summed E-state index contributed by atoms with van der Waals surface area (Å²) in [4.78, 5) is 33.1. The van der Waals surface area contributed by atoms with Crippen LogP contribution in [0.3, 0.4) is 0 Å². The molecule has 0 saturated carbocycles. The maximum absolute atomic E-state index is 12.5. The van der Waals surface area contributed by atoms with Crippen LogP contribution in [-0.4, -0.2) is 57.6 Å². The number of anilines is 2. The highest BCUT2D eigenvalue weighted by Crippen LogP contribution is 2.31. The lowest BCUT2D eigenvalue weighted by Crippen LogP contribution is -2.37. The van der Waals surface area contributed by atoms with Gasteiger partial charge in [-0.15, -0.1) is 12.4 Å². The van der Waals surface area contributed by atoms with E-state index < -0.39 is 6.03 Å². The van der Waals surface area contributed by atoms with Gasteiger partial charge in [0.15, 0.2) is 10.8 Å². The summed E-state index contributed by atoms with van der Waals surface area (Å²) in [6, 6.07) is 15.3. The summed E-state index contributed by atoms with van der Waals surface area (Å²) in [5.74, 6) is 1.17. The van der Waals surface area contributed by atoms with Gasteiger partial charge in [0.2, 0.25) is 5.91 Å². The fourth-order valence-corrected chi connectivity index (χ4v) is 6.48. The Labute approximate surface area is 273 Å².